The largest absolute Gasteiger partial charge is 0.378 e. The van der Waals surface area contributed by atoms with Crippen molar-refractivity contribution in [3.05, 3.63) is 29.3 Å². The van der Waals surface area contributed by atoms with Crippen molar-refractivity contribution in [1.82, 2.24) is 10.6 Å². The molecule has 0 amide bonds. The van der Waals surface area contributed by atoms with Crippen LogP contribution in [0.4, 0.5) is 0 Å². The Kier molecular flexibility index (Phi) is 11.0. The van der Waals surface area contributed by atoms with Crippen LogP contribution in [-0.2, 0) is 14.6 Å². The van der Waals surface area contributed by atoms with Crippen LogP contribution in [0.1, 0.15) is 6.92 Å². The number of nitrogens with zero attached hydrogens (tertiary/aromatic N) is 1. The van der Waals surface area contributed by atoms with Gasteiger partial charge < -0.3 is 15.4 Å². The van der Waals surface area contributed by atoms with Crippen LogP contribution < -0.4 is 10.6 Å². The van der Waals surface area contributed by atoms with Gasteiger partial charge in [0, 0.05) is 35.0 Å². The van der Waals surface area contributed by atoms with Crippen LogP contribution in [0.15, 0.2) is 34.2 Å². The summed E-state index contributed by atoms with van der Waals surface area (Å²) in [6, 6.07) is 7.76. The van der Waals surface area contributed by atoms with Gasteiger partial charge in [-0.05, 0) is 31.2 Å². The number of benzene rings is 1. The second kappa shape index (κ2) is 12.4. The highest BCUT2D eigenvalue weighted by Crippen LogP contribution is 2.19. The Morgan fingerprint density at radius 2 is 1.96 bits per heavy atom. The molecule has 6 nitrogen and oxygen atoms in total. The number of ether oxygens (including phenoxy) is 1. The molecule has 142 valence electrons. The fraction of sp³-hybridized carbons (Fsp3) is 0.562. The van der Waals surface area contributed by atoms with Crippen molar-refractivity contribution in [2.24, 2.45) is 4.99 Å². The lowest BCUT2D eigenvalue weighted by atomic mass is 10.4. The Hall–Kier alpha value is -0.960. The van der Waals surface area contributed by atoms with Gasteiger partial charge in [0.2, 0.25) is 0 Å². The molecule has 0 aliphatic carbocycles. The Morgan fingerprint density at radius 1 is 1.24 bits per heavy atom. The van der Waals surface area contributed by atoms with Gasteiger partial charge in [-0.3, -0.25) is 4.99 Å². The zero-order chi connectivity index (χ0) is 18.5. The molecule has 0 radical (unpaired) electrons. The summed E-state index contributed by atoms with van der Waals surface area (Å²) in [7, 11) is -2.97. The molecular weight excluding hydrogens is 382 g/mol. The first kappa shape index (κ1) is 22.1. The van der Waals surface area contributed by atoms with Crippen LogP contribution in [0, 0.1) is 0 Å². The molecule has 0 aliphatic rings. The predicted molar refractivity (Wildman–Crippen MR) is 107 cm³/mol. The zero-order valence-corrected chi connectivity index (χ0v) is 17.0. The number of rotatable bonds is 11. The Bertz CT molecular complexity index is 622. The molecule has 1 aromatic rings. The van der Waals surface area contributed by atoms with Crippen LogP contribution in [-0.4, -0.2) is 65.0 Å². The van der Waals surface area contributed by atoms with E-state index in [0.717, 1.165) is 29.8 Å². The molecule has 2 N–H and O–H groups in total. The third-order valence-electron chi connectivity index (χ3n) is 2.93. The van der Waals surface area contributed by atoms with Crippen molar-refractivity contribution >= 4 is 39.2 Å². The molecule has 25 heavy (non-hydrogen) atoms. The zero-order valence-electron chi connectivity index (χ0n) is 14.6. The van der Waals surface area contributed by atoms with E-state index in [1.165, 1.54) is 11.2 Å². The first-order valence-electron chi connectivity index (χ1n) is 8.06. The number of sulfone groups is 1. The van der Waals surface area contributed by atoms with E-state index in [0.29, 0.717) is 13.2 Å². The van der Waals surface area contributed by atoms with Crippen molar-refractivity contribution in [2.75, 3.05) is 50.6 Å². The molecule has 0 atom stereocenters. The lowest BCUT2D eigenvalue weighted by Crippen LogP contribution is -2.38. The predicted octanol–water partition coefficient (Wildman–Crippen LogP) is 2.05. The minimum absolute atomic E-state index is 0.0386. The van der Waals surface area contributed by atoms with Crippen LogP contribution in [0.2, 0.25) is 5.02 Å². The fourth-order valence-corrected chi connectivity index (χ4v) is 3.06. The summed E-state index contributed by atoms with van der Waals surface area (Å²) in [6.07, 6.45) is 1.20. The normalized spacial score (nSPS) is 12.2. The molecule has 1 rings (SSSR count). The van der Waals surface area contributed by atoms with Crippen LogP contribution in [0.3, 0.4) is 0 Å². The van der Waals surface area contributed by atoms with E-state index in [1.54, 1.807) is 11.8 Å². The maximum Gasteiger partial charge on any atom is 0.191 e. The van der Waals surface area contributed by atoms with Crippen molar-refractivity contribution in [3.63, 3.8) is 0 Å². The first-order chi connectivity index (χ1) is 11.9. The maximum atomic E-state index is 11.0. The maximum absolute atomic E-state index is 11.0. The second-order valence-electron chi connectivity index (χ2n) is 5.23. The van der Waals surface area contributed by atoms with Gasteiger partial charge in [0.05, 0.1) is 25.5 Å². The molecule has 0 bridgehead atoms. The van der Waals surface area contributed by atoms with E-state index >= 15 is 0 Å². The quantitative estimate of drug-likeness (QED) is 0.253. The molecule has 0 spiro atoms. The van der Waals surface area contributed by atoms with Gasteiger partial charge in [0.15, 0.2) is 5.96 Å². The molecule has 0 saturated carbocycles. The Labute approximate surface area is 159 Å². The average molecular weight is 408 g/mol. The minimum Gasteiger partial charge on any atom is -0.378 e. The molecule has 0 saturated heterocycles. The minimum atomic E-state index is -2.97. The van der Waals surface area contributed by atoms with E-state index in [-0.39, 0.29) is 12.4 Å². The summed E-state index contributed by atoms with van der Waals surface area (Å²) >= 11 is 7.61. The van der Waals surface area contributed by atoms with Gasteiger partial charge in [0.1, 0.15) is 9.84 Å². The first-order valence-corrected chi connectivity index (χ1v) is 11.5. The lowest BCUT2D eigenvalue weighted by molar-refractivity contribution is 0.157. The standard InChI is InChI=1S/C16H26ClN3O3S2/c1-3-18-16(19-8-10-23-11-13-25(2,21)22)20-9-12-24-15-6-4-14(17)5-7-15/h4-7H,3,8-13H2,1-2H3,(H2,18,19,20). The highest BCUT2D eigenvalue weighted by atomic mass is 35.5. The molecule has 0 aliphatic heterocycles. The number of hydrogen-bond donors (Lipinski definition) is 2. The van der Waals surface area contributed by atoms with Gasteiger partial charge in [-0.15, -0.1) is 11.8 Å². The summed E-state index contributed by atoms with van der Waals surface area (Å²) in [5.41, 5.74) is 0. The second-order valence-corrected chi connectivity index (χ2v) is 9.10. The molecule has 0 aromatic heterocycles. The highest BCUT2D eigenvalue weighted by Gasteiger charge is 2.01. The topological polar surface area (TPSA) is 79.8 Å². The van der Waals surface area contributed by atoms with Crippen molar-refractivity contribution in [2.45, 2.75) is 11.8 Å². The van der Waals surface area contributed by atoms with Gasteiger partial charge in [0.25, 0.3) is 0 Å². The number of guanidine groups is 1. The van der Waals surface area contributed by atoms with E-state index in [2.05, 4.69) is 15.6 Å². The summed E-state index contributed by atoms with van der Waals surface area (Å²) in [5.74, 6) is 1.67. The number of aliphatic imine (C=N–C) groups is 1. The van der Waals surface area contributed by atoms with E-state index in [9.17, 15) is 8.42 Å². The monoisotopic (exact) mass is 407 g/mol. The fourth-order valence-electron chi connectivity index (χ4n) is 1.75. The molecular formula is C16H26ClN3O3S2. The van der Waals surface area contributed by atoms with Gasteiger partial charge in [-0.2, -0.15) is 0 Å². The molecule has 1 aromatic carbocycles. The van der Waals surface area contributed by atoms with Crippen molar-refractivity contribution in [1.29, 1.82) is 0 Å². The van der Waals surface area contributed by atoms with Crippen LogP contribution in [0.25, 0.3) is 0 Å². The lowest BCUT2D eigenvalue weighted by Gasteiger charge is -2.11. The van der Waals surface area contributed by atoms with Crippen molar-refractivity contribution in [3.8, 4) is 0 Å². The third-order valence-corrected chi connectivity index (χ3v) is 5.10. The van der Waals surface area contributed by atoms with Crippen LogP contribution >= 0.6 is 23.4 Å². The number of nitrogens with one attached hydrogen (secondary N) is 2. The van der Waals surface area contributed by atoms with E-state index in [1.807, 2.05) is 31.2 Å². The Balaban J connectivity index is 2.22. The molecule has 0 unspecified atom stereocenters. The summed E-state index contributed by atoms with van der Waals surface area (Å²) in [5, 5.41) is 7.16. The molecule has 0 fully saturated rings. The van der Waals surface area contributed by atoms with E-state index in [4.69, 9.17) is 16.3 Å². The highest BCUT2D eigenvalue weighted by molar-refractivity contribution is 7.99. The third kappa shape index (κ3) is 12.1. The van der Waals surface area contributed by atoms with E-state index < -0.39 is 9.84 Å². The summed E-state index contributed by atoms with van der Waals surface area (Å²) in [6.45, 7) is 4.62. The van der Waals surface area contributed by atoms with Gasteiger partial charge in [-0.25, -0.2) is 8.42 Å². The van der Waals surface area contributed by atoms with Crippen LogP contribution in [0.5, 0.6) is 0 Å². The number of thioether (sulfide) groups is 1. The summed E-state index contributed by atoms with van der Waals surface area (Å²) in [4.78, 5) is 5.57. The Morgan fingerprint density at radius 3 is 2.60 bits per heavy atom. The SMILES string of the molecule is CCNC(=NCCOCCS(C)(=O)=O)NCCSc1ccc(Cl)cc1. The average Bonchev–Trinajstić information content (AvgIpc) is 2.55. The summed E-state index contributed by atoms with van der Waals surface area (Å²) < 4.78 is 27.2. The molecule has 0 heterocycles. The van der Waals surface area contributed by atoms with Gasteiger partial charge in [-0.1, -0.05) is 11.6 Å². The van der Waals surface area contributed by atoms with Gasteiger partial charge >= 0.3 is 0 Å². The molecule has 9 heteroatoms. The van der Waals surface area contributed by atoms with Crippen molar-refractivity contribution < 1.29 is 13.2 Å². The number of hydrogen-bond acceptors (Lipinski definition) is 5. The smallest absolute Gasteiger partial charge is 0.191 e. The number of halogens is 1.